The first kappa shape index (κ1) is 17.6. The number of aliphatic hydroxyl groups excluding tert-OH is 1. The Labute approximate surface area is 155 Å². The molecule has 144 valence electrons. The van der Waals surface area contributed by atoms with Gasteiger partial charge in [-0.15, -0.1) is 0 Å². The number of carbonyl (C=O) groups is 1. The van der Waals surface area contributed by atoms with Crippen LogP contribution in [0.25, 0.3) is 0 Å². The van der Waals surface area contributed by atoms with E-state index in [1.165, 1.54) is 11.2 Å². The molecule has 1 aromatic heterocycles. The fourth-order valence-electron chi connectivity index (χ4n) is 3.09. The number of hydrogen-bond acceptors (Lipinski definition) is 8. The molecule has 2 aliphatic rings. The van der Waals surface area contributed by atoms with Gasteiger partial charge in [-0.05, 0) is 19.1 Å². The maximum absolute atomic E-state index is 12.7. The van der Waals surface area contributed by atoms with Gasteiger partial charge in [0.05, 0.1) is 25.4 Å². The molecule has 27 heavy (non-hydrogen) atoms. The zero-order chi connectivity index (χ0) is 18.8. The Morgan fingerprint density at radius 2 is 2.19 bits per heavy atom. The van der Waals surface area contributed by atoms with Crippen LogP contribution in [0.3, 0.4) is 0 Å². The van der Waals surface area contributed by atoms with Crippen molar-refractivity contribution < 1.29 is 33.3 Å². The lowest BCUT2D eigenvalue weighted by molar-refractivity contribution is 0.0515. The number of ether oxygens (including phenoxy) is 4. The van der Waals surface area contributed by atoms with E-state index < -0.39 is 6.10 Å². The number of aromatic nitrogens is 1. The maximum atomic E-state index is 12.7. The molecule has 1 saturated heterocycles. The van der Waals surface area contributed by atoms with Gasteiger partial charge in [-0.3, -0.25) is 4.79 Å². The van der Waals surface area contributed by atoms with E-state index in [0.717, 1.165) is 0 Å². The Hall–Kier alpha value is -2.78. The summed E-state index contributed by atoms with van der Waals surface area (Å²) < 4.78 is 26.8. The van der Waals surface area contributed by atoms with E-state index >= 15 is 0 Å². The molecule has 0 radical (unpaired) electrons. The van der Waals surface area contributed by atoms with E-state index in [0.29, 0.717) is 30.4 Å². The Bertz CT molecular complexity index is 822. The lowest BCUT2D eigenvalue weighted by atomic mass is 10.1. The van der Waals surface area contributed by atoms with Gasteiger partial charge in [-0.1, -0.05) is 0 Å². The van der Waals surface area contributed by atoms with Crippen molar-refractivity contribution in [2.24, 2.45) is 0 Å². The van der Waals surface area contributed by atoms with Gasteiger partial charge in [0.2, 0.25) is 12.7 Å². The Kier molecular flexibility index (Phi) is 4.87. The second-order valence-electron chi connectivity index (χ2n) is 6.19. The highest BCUT2D eigenvalue weighted by molar-refractivity contribution is 5.92. The third-order valence-electron chi connectivity index (χ3n) is 4.50. The fraction of sp³-hybridized carbons (Fsp3) is 0.444. The Balaban J connectivity index is 1.39. The summed E-state index contributed by atoms with van der Waals surface area (Å²) in [7, 11) is 0. The molecule has 1 fully saturated rings. The number of likely N-dealkylation sites (N-methyl/N-ethyl adjacent to an activating group) is 1. The van der Waals surface area contributed by atoms with Gasteiger partial charge >= 0.3 is 0 Å². The molecule has 1 aromatic carbocycles. The second kappa shape index (κ2) is 7.45. The lowest BCUT2D eigenvalue weighted by Crippen LogP contribution is -2.46. The van der Waals surface area contributed by atoms with E-state index in [4.69, 9.17) is 23.4 Å². The molecule has 0 bridgehead atoms. The zero-order valence-corrected chi connectivity index (χ0v) is 14.8. The second-order valence-corrected chi connectivity index (χ2v) is 6.19. The van der Waals surface area contributed by atoms with Crippen LogP contribution in [0.2, 0.25) is 0 Å². The minimum Gasteiger partial charge on any atom is -0.484 e. The van der Waals surface area contributed by atoms with E-state index in [9.17, 15) is 9.90 Å². The summed E-state index contributed by atoms with van der Waals surface area (Å²) in [6.07, 6.45) is 0.598. The van der Waals surface area contributed by atoms with Crippen LogP contribution in [0.15, 0.2) is 28.9 Å². The van der Waals surface area contributed by atoms with Crippen LogP contribution in [0.4, 0.5) is 0 Å². The van der Waals surface area contributed by atoms with Gasteiger partial charge in [0.1, 0.15) is 12.0 Å². The monoisotopic (exact) mass is 376 g/mol. The number of fused-ring (bicyclic) bond motifs is 1. The zero-order valence-electron chi connectivity index (χ0n) is 14.8. The number of aliphatic hydroxyl groups is 1. The molecule has 9 heteroatoms. The van der Waals surface area contributed by atoms with Crippen molar-refractivity contribution in [3.05, 3.63) is 36.0 Å². The third kappa shape index (κ3) is 3.56. The van der Waals surface area contributed by atoms with Crippen molar-refractivity contribution in [3.8, 4) is 17.2 Å². The molecule has 0 spiro atoms. The molecule has 2 aliphatic heterocycles. The summed E-state index contributed by atoms with van der Waals surface area (Å²) in [5, 5.41) is 9.97. The molecule has 9 nitrogen and oxygen atoms in total. The van der Waals surface area contributed by atoms with Gasteiger partial charge in [-0.2, -0.15) is 0 Å². The van der Waals surface area contributed by atoms with Crippen LogP contribution in [-0.2, 0) is 11.3 Å². The topological polar surface area (TPSA) is 103 Å². The summed E-state index contributed by atoms with van der Waals surface area (Å²) in [6, 6.07) is 4.85. The molecule has 2 aromatic rings. The van der Waals surface area contributed by atoms with E-state index in [1.54, 1.807) is 18.2 Å². The average Bonchev–Trinajstić information content (AvgIpc) is 3.41. The summed E-state index contributed by atoms with van der Waals surface area (Å²) in [4.78, 5) is 18.4. The summed E-state index contributed by atoms with van der Waals surface area (Å²) >= 11 is 0. The van der Waals surface area contributed by atoms with Crippen LogP contribution in [-0.4, -0.2) is 59.6 Å². The number of oxazole rings is 1. The highest BCUT2D eigenvalue weighted by Gasteiger charge is 2.35. The summed E-state index contributed by atoms with van der Waals surface area (Å²) in [5.41, 5.74) is 0.167. The molecule has 2 atom stereocenters. The van der Waals surface area contributed by atoms with Crippen molar-refractivity contribution in [2.45, 2.75) is 25.7 Å². The van der Waals surface area contributed by atoms with E-state index in [2.05, 4.69) is 4.98 Å². The molecular weight excluding hydrogens is 356 g/mol. The molecule has 0 aliphatic carbocycles. The first-order chi connectivity index (χ1) is 13.2. The van der Waals surface area contributed by atoms with Gasteiger partial charge in [0, 0.05) is 12.6 Å². The molecule has 0 unspecified atom stereocenters. The van der Waals surface area contributed by atoms with Crippen LogP contribution in [0, 0.1) is 0 Å². The first-order valence-electron chi connectivity index (χ1n) is 8.69. The fourth-order valence-corrected chi connectivity index (χ4v) is 3.09. The van der Waals surface area contributed by atoms with Crippen molar-refractivity contribution in [3.63, 3.8) is 0 Å². The molecule has 1 N–H and O–H groups in total. The molecular formula is C18H20N2O7. The molecule has 0 saturated carbocycles. The van der Waals surface area contributed by atoms with Crippen LogP contribution >= 0.6 is 0 Å². The SMILES string of the molecule is CCN(C(=O)c1coc(COc2ccc3c(c2)OCO3)n1)[C@H]1COC[C@@H]1O. The highest BCUT2D eigenvalue weighted by Crippen LogP contribution is 2.35. The number of hydrogen-bond donors (Lipinski definition) is 1. The smallest absolute Gasteiger partial charge is 0.276 e. The highest BCUT2D eigenvalue weighted by atomic mass is 16.7. The number of carbonyl (C=O) groups excluding carboxylic acids is 1. The van der Waals surface area contributed by atoms with Gasteiger partial charge in [-0.25, -0.2) is 4.98 Å². The largest absolute Gasteiger partial charge is 0.484 e. The minimum absolute atomic E-state index is 0.0637. The van der Waals surface area contributed by atoms with Crippen LogP contribution < -0.4 is 14.2 Å². The van der Waals surface area contributed by atoms with Gasteiger partial charge < -0.3 is 33.4 Å². The van der Waals surface area contributed by atoms with Crippen LogP contribution in [0.5, 0.6) is 17.2 Å². The summed E-state index contributed by atoms with van der Waals surface area (Å²) in [5.74, 6) is 1.82. The van der Waals surface area contributed by atoms with Gasteiger partial charge in [0.25, 0.3) is 5.91 Å². The van der Waals surface area contributed by atoms with Crippen molar-refractivity contribution in [1.82, 2.24) is 9.88 Å². The van der Waals surface area contributed by atoms with E-state index in [1.807, 2.05) is 6.92 Å². The quantitative estimate of drug-likeness (QED) is 0.802. The molecule has 3 heterocycles. The predicted molar refractivity (Wildman–Crippen MR) is 90.7 cm³/mol. The van der Waals surface area contributed by atoms with E-state index in [-0.39, 0.29) is 43.5 Å². The average molecular weight is 376 g/mol. The van der Waals surface area contributed by atoms with Crippen molar-refractivity contribution in [2.75, 3.05) is 26.6 Å². The standard InChI is InChI=1S/C18H20N2O7/c1-2-20(13-7-23-8-14(13)21)18(22)12-6-25-17(19-12)9-24-11-3-4-15-16(5-11)27-10-26-15/h3-6,13-14,21H,2,7-10H2,1H3/t13-,14-/m0/s1. The minimum atomic E-state index is -0.699. The van der Waals surface area contributed by atoms with Gasteiger partial charge in [0.15, 0.2) is 23.8 Å². The lowest BCUT2D eigenvalue weighted by Gasteiger charge is -2.27. The number of nitrogens with zero attached hydrogens (tertiary/aromatic N) is 2. The first-order valence-corrected chi connectivity index (χ1v) is 8.69. The molecule has 4 rings (SSSR count). The number of rotatable bonds is 6. The maximum Gasteiger partial charge on any atom is 0.276 e. The number of benzene rings is 1. The Morgan fingerprint density at radius 1 is 1.33 bits per heavy atom. The normalized spacial score (nSPS) is 20.7. The van der Waals surface area contributed by atoms with Crippen molar-refractivity contribution >= 4 is 5.91 Å². The molecule has 1 amide bonds. The van der Waals surface area contributed by atoms with Crippen molar-refractivity contribution in [1.29, 1.82) is 0 Å². The van der Waals surface area contributed by atoms with Crippen LogP contribution in [0.1, 0.15) is 23.3 Å². The Morgan fingerprint density at radius 3 is 2.96 bits per heavy atom. The summed E-state index contributed by atoms with van der Waals surface area (Å²) in [6.45, 7) is 3.06. The number of amides is 1. The predicted octanol–water partition coefficient (Wildman–Crippen LogP) is 1.20. The third-order valence-corrected chi connectivity index (χ3v) is 4.50.